The number of rotatable bonds is 3. The van der Waals surface area contributed by atoms with Crippen molar-refractivity contribution < 1.29 is 10.1 Å². The monoisotopic (exact) mass is 385 g/mol. The molecular weight excluding hydrogens is 364 g/mol. The van der Waals surface area contributed by atoms with Gasteiger partial charge >= 0.3 is 0 Å². The zero-order valence-electron chi connectivity index (χ0n) is 15.6. The van der Waals surface area contributed by atoms with Crippen LogP contribution in [0.1, 0.15) is 11.1 Å². The molecule has 4 heteroatoms. The predicted octanol–water partition coefficient (Wildman–Crippen LogP) is 4.03. The van der Waals surface area contributed by atoms with E-state index in [4.69, 9.17) is 15.9 Å². The maximum Gasteiger partial charge on any atom is 0.196 e. The van der Waals surface area contributed by atoms with Crippen molar-refractivity contribution in [2.75, 3.05) is 12.8 Å². The molecule has 138 valence electrons. The second kappa shape index (κ2) is 7.79. The van der Waals surface area contributed by atoms with Crippen LogP contribution in [0.15, 0.2) is 95.5 Å². The van der Waals surface area contributed by atoms with Gasteiger partial charge in [0, 0.05) is 27.6 Å². The van der Waals surface area contributed by atoms with Gasteiger partial charge in [-0.25, -0.2) is 0 Å². The molecule has 2 aromatic rings. The Balaban J connectivity index is 1.80. The number of anilines is 1. The molecule has 4 rings (SSSR count). The first-order valence-electron chi connectivity index (χ1n) is 8.97. The van der Waals surface area contributed by atoms with Gasteiger partial charge in [-0.1, -0.05) is 36.0 Å². The van der Waals surface area contributed by atoms with Crippen LogP contribution in [0.25, 0.3) is 10.5 Å². The molecule has 1 aliphatic heterocycles. The molecule has 0 aromatic heterocycles. The zero-order chi connectivity index (χ0) is 19.5. The molecule has 4 N–H and O–H groups in total. The molecule has 0 saturated carbocycles. The van der Waals surface area contributed by atoms with Crippen molar-refractivity contribution in [1.82, 2.24) is 0 Å². The number of allylic oxidation sites excluding steroid dienone is 8. The number of ether oxygens (including phenoxy) is 1. The lowest BCUT2D eigenvalue weighted by atomic mass is 10.0. The van der Waals surface area contributed by atoms with Crippen LogP contribution in [0.5, 0.6) is 5.75 Å². The van der Waals surface area contributed by atoms with Crippen LogP contribution in [0, 0.1) is 0 Å². The third-order valence-corrected chi connectivity index (χ3v) is 5.75. The summed E-state index contributed by atoms with van der Waals surface area (Å²) in [6.45, 7) is 0. The van der Waals surface area contributed by atoms with Crippen LogP contribution in [0.3, 0.4) is 0 Å². The van der Waals surface area contributed by atoms with Crippen LogP contribution < -0.4 is 15.9 Å². The Bertz CT molecular complexity index is 1050. The highest BCUT2D eigenvalue weighted by Gasteiger charge is 2.16. The van der Waals surface area contributed by atoms with Crippen molar-refractivity contribution in [3.8, 4) is 5.75 Å². The minimum atomic E-state index is 0.763. The molecule has 0 radical (unpaired) electrons. The maximum absolute atomic E-state index is 5.87. The molecule has 0 amide bonds. The molecule has 0 bridgehead atoms. The van der Waals surface area contributed by atoms with Crippen LogP contribution >= 0.6 is 11.8 Å². The summed E-state index contributed by atoms with van der Waals surface area (Å²) < 4.78 is 5.29. The first kappa shape index (κ1) is 18.1. The first-order chi connectivity index (χ1) is 13.6. The summed E-state index contributed by atoms with van der Waals surface area (Å²) in [6, 6.07) is 16.1. The molecule has 1 aliphatic carbocycles. The Morgan fingerprint density at radius 3 is 2.11 bits per heavy atom. The molecule has 0 spiro atoms. The van der Waals surface area contributed by atoms with Crippen molar-refractivity contribution in [2.45, 2.75) is 0 Å². The molecular formula is C24H21N2OS+. The van der Waals surface area contributed by atoms with E-state index < -0.39 is 0 Å². The first-order valence-corrected chi connectivity index (χ1v) is 9.78. The average molecular weight is 386 g/mol. The summed E-state index contributed by atoms with van der Waals surface area (Å²) in [5.74, 6) is 0.847. The Morgan fingerprint density at radius 1 is 0.821 bits per heavy atom. The molecule has 0 saturated heterocycles. The minimum absolute atomic E-state index is 0.763. The third-order valence-electron chi connectivity index (χ3n) is 4.61. The number of hydrogen-bond donors (Lipinski definition) is 2. The SMILES string of the molecule is COc1ccc(C2=CC(=C3C=CC(=[NH2+])C=C3)SC(c3ccc(N)cc3)=C2)cc1. The van der Waals surface area contributed by atoms with E-state index in [-0.39, 0.29) is 0 Å². The van der Waals surface area contributed by atoms with Gasteiger partial charge in [-0.05, 0) is 70.8 Å². The van der Waals surface area contributed by atoms with Gasteiger partial charge in [-0.3, -0.25) is 5.41 Å². The summed E-state index contributed by atoms with van der Waals surface area (Å²) in [4.78, 5) is 2.36. The Labute approximate surface area is 169 Å². The maximum atomic E-state index is 5.87. The second-order valence-electron chi connectivity index (χ2n) is 6.55. The number of thioether (sulfide) groups is 1. The van der Waals surface area contributed by atoms with E-state index in [1.807, 2.05) is 36.4 Å². The van der Waals surface area contributed by atoms with Crippen LogP contribution in [0.4, 0.5) is 5.69 Å². The van der Waals surface area contributed by atoms with Gasteiger partial charge in [0.1, 0.15) is 5.75 Å². The van der Waals surface area contributed by atoms with E-state index in [9.17, 15) is 0 Å². The van der Waals surface area contributed by atoms with E-state index in [0.29, 0.717) is 0 Å². The number of nitrogens with two attached hydrogens (primary N) is 2. The Kier molecular flexibility index (Phi) is 5.04. The molecule has 2 aromatic carbocycles. The summed E-state index contributed by atoms with van der Waals surface area (Å²) in [7, 11) is 1.68. The van der Waals surface area contributed by atoms with Gasteiger partial charge < -0.3 is 10.5 Å². The van der Waals surface area contributed by atoms with E-state index in [0.717, 1.165) is 39.4 Å². The fraction of sp³-hybridized carbons (Fsp3) is 0.0417. The van der Waals surface area contributed by atoms with Gasteiger partial charge in [0.2, 0.25) is 0 Å². The van der Waals surface area contributed by atoms with E-state index in [2.05, 4.69) is 48.6 Å². The third kappa shape index (κ3) is 3.87. The Hall–Kier alpha value is -3.24. The molecule has 3 nitrogen and oxygen atoms in total. The standard InChI is InChI=1S/C24H20N2OS/c1-27-22-12-6-16(7-13-22)19-14-23(17-2-8-20(25)9-3-17)28-24(15-19)18-4-10-21(26)11-5-18/h2-15,25H,26H2,1H3/p+1. The topological polar surface area (TPSA) is 60.8 Å². The summed E-state index contributed by atoms with van der Waals surface area (Å²) in [5.41, 5.74) is 12.0. The summed E-state index contributed by atoms with van der Waals surface area (Å²) >= 11 is 1.75. The van der Waals surface area contributed by atoms with Gasteiger partial charge in [-0.2, -0.15) is 0 Å². The normalized spacial score (nSPS) is 16.1. The molecule has 28 heavy (non-hydrogen) atoms. The number of methoxy groups -OCH3 is 1. The average Bonchev–Trinajstić information content (AvgIpc) is 2.74. The lowest BCUT2D eigenvalue weighted by Gasteiger charge is -2.19. The number of hydrogen-bond acceptors (Lipinski definition) is 3. The number of nitrogen functional groups attached to an aromatic ring is 1. The fourth-order valence-electron chi connectivity index (χ4n) is 3.03. The minimum Gasteiger partial charge on any atom is -0.497 e. The van der Waals surface area contributed by atoms with Crippen LogP contribution in [0.2, 0.25) is 0 Å². The van der Waals surface area contributed by atoms with E-state index in [1.165, 1.54) is 9.81 Å². The van der Waals surface area contributed by atoms with Crippen molar-refractivity contribution in [1.29, 1.82) is 0 Å². The van der Waals surface area contributed by atoms with Gasteiger partial charge in [0.25, 0.3) is 0 Å². The molecule has 0 fully saturated rings. The quantitative estimate of drug-likeness (QED) is 0.784. The molecule has 2 aliphatic rings. The lowest BCUT2D eigenvalue weighted by Crippen LogP contribution is -2.37. The lowest BCUT2D eigenvalue weighted by molar-refractivity contribution is -0.110. The Morgan fingerprint density at radius 2 is 1.46 bits per heavy atom. The van der Waals surface area contributed by atoms with Crippen LogP contribution in [-0.2, 0) is 0 Å². The van der Waals surface area contributed by atoms with Crippen molar-refractivity contribution in [3.05, 3.63) is 107 Å². The highest BCUT2D eigenvalue weighted by molar-refractivity contribution is 8.12. The number of benzene rings is 2. The molecule has 0 unspecified atom stereocenters. The molecule has 0 atom stereocenters. The smallest absolute Gasteiger partial charge is 0.196 e. The second-order valence-corrected chi connectivity index (χ2v) is 7.63. The largest absolute Gasteiger partial charge is 0.497 e. The van der Waals surface area contributed by atoms with Crippen molar-refractivity contribution >= 4 is 33.6 Å². The van der Waals surface area contributed by atoms with E-state index in [1.54, 1.807) is 18.9 Å². The van der Waals surface area contributed by atoms with Crippen molar-refractivity contribution in [3.63, 3.8) is 0 Å². The van der Waals surface area contributed by atoms with Gasteiger partial charge in [-0.15, -0.1) is 0 Å². The van der Waals surface area contributed by atoms with Crippen LogP contribution in [-0.4, -0.2) is 12.8 Å². The van der Waals surface area contributed by atoms with E-state index >= 15 is 0 Å². The zero-order valence-corrected chi connectivity index (χ0v) is 16.4. The molecule has 1 heterocycles. The van der Waals surface area contributed by atoms with Crippen molar-refractivity contribution in [2.24, 2.45) is 0 Å². The summed E-state index contributed by atoms with van der Waals surface area (Å²) in [5, 5.41) is 5.87. The summed E-state index contributed by atoms with van der Waals surface area (Å²) in [6.07, 6.45) is 12.4. The highest BCUT2D eigenvalue weighted by atomic mass is 32.2. The predicted molar refractivity (Wildman–Crippen MR) is 120 cm³/mol. The highest BCUT2D eigenvalue weighted by Crippen LogP contribution is 2.44. The van der Waals surface area contributed by atoms with Gasteiger partial charge in [0.05, 0.1) is 7.11 Å². The fourth-order valence-corrected chi connectivity index (χ4v) is 4.15. The van der Waals surface area contributed by atoms with Gasteiger partial charge in [0.15, 0.2) is 5.71 Å².